The summed E-state index contributed by atoms with van der Waals surface area (Å²) in [6.45, 7) is 3.38. The van der Waals surface area contributed by atoms with Gasteiger partial charge in [0.15, 0.2) is 0 Å². The van der Waals surface area contributed by atoms with Gasteiger partial charge in [-0.25, -0.2) is 9.18 Å². The summed E-state index contributed by atoms with van der Waals surface area (Å²) in [4.78, 5) is 14.9. The van der Waals surface area contributed by atoms with Crippen LogP contribution in [0, 0.1) is 5.82 Å². The van der Waals surface area contributed by atoms with Gasteiger partial charge in [-0.15, -0.1) is 0 Å². The van der Waals surface area contributed by atoms with E-state index in [9.17, 15) is 9.18 Å². The Morgan fingerprint density at radius 2 is 2.10 bits per heavy atom. The Morgan fingerprint density at radius 1 is 1.30 bits per heavy atom. The Morgan fingerprint density at radius 3 is 2.85 bits per heavy atom. The van der Waals surface area contributed by atoms with Gasteiger partial charge in [-0.2, -0.15) is 0 Å². The first-order valence-corrected chi connectivity index (χ1v) is 6.71. The minimum absolute atomic E-state index is 0.304. The number of aliphatic carboxylic acids is 1. The molecule has 0 atom stereocenters. The van der Waals surface area contributed by atoms with Crippen LogP contribution in [-0.2, 0) is 4.79 Å². The van der Waals surface area contributed by atoms with Crippen LogP contribution in [0.1, 0.15) is 12.0 Å². The van der Waals surface area contributed by atoms with Crippen LogP contribution < -0.4 is 4.90 Å². The third-order valence-electron chi connectivity index (χ3n) is 3.46. The molecular formula is C15H19FN2O2. The molecule has 1 fully saturated rings. The van der Waals surface area contributed by atoms with Crippen molar-refractivity contribution in [1.29, 1.82) is 0 Å². The van der Waals surface area contributed by atoms with E-state index in [-0.39, 0.29) is 5.82 Å². The molecule has 5 heteroatoms. The number of benzene rings is 1. The predicted octanol–water partition coefficient (Wildman–Crippen LogP) is 2.07. The highest BCUT2D eigenvalue weighted by Gasteiger charge is 2.18. The van der Waals surface area contributed by atoms with Crippen molar-refractivity contribution in [2.45, 2.75) is 6.42 Å². The van der Waals surface area contributed by atoms with Crippen LogP contribution in [0.25, 0.3) is 6.08 Å². The lowest BCUT2D eigenvalue weighted by Crippen LogP contribution is -2.30. The lowest BCUT2D eigenvalue weighted by Gasteiger charge is -2.25. The number of para-hydroxylation sites is 1. The maximum absolute atomic E-state index is 14.2. The van der Waals surface area contributed by atoms with Gasteiger partial charge < -0.3 is 14.9 Å². The smallest absolute Gasteiger partial charge is 0.328 e. The van der Waals surface area contributed by atoms with E-state index in [0.717, 1.165) is 38.7 Å². The normalized spacial score (nSPS) is 17.4. The van der Waals surface area contributed by atoms with Crippen molar-refractivity contribution in [3.05, 3.63) is 35.7 Å². The van der Waals surface area contributed by atoms with Gasteiger partial charge in [-0.1, -0.05) is 12.1 Å². The molecule has 20 heavy (non-hydrogen) atoms. The lowest BCUT2D eigenvalue weighted by molar-refractivity contribution is -0.131. The first-order chi connectivity index (χ1) is 9.58. The molecule has 0 saturated carbocycles. The van der Waals surface area contributed by atoms with E-state index in [1.807, 2.05) is 4.90 Å². The Balaban J connectivity index is 2.31. The fourth-order valence-electron chi connectivity index (χ4n) is 2.43. The number of likely N-dealkylation sites (N-methyl/N-ethyl adjacent to an activating group) is 1. The molecular weight excluding hydrogens is 259 g/mol. The van der Waals surface area contributed by atoms with E-state index < -0.39 is 5.97 Å². The van der Waals surface area contributed by atoms with Gasteiger partial charge in [0.2, 0.25) is 0 Å². The fourth-order valence-corrected chi connectivity index (χ4v) is 2.43. The molecule has 4 nitrogen and oxygen atoms in total. The topological polar surface area (TPSA) is 43.8 Å². The van der Waals surface area contributed by atoms with Gasteiger partial charge in [0.1, 0.15) is 5.82 Å². The number of rotatable bonds is 3. The van der Waals surface area contributed by atoms with Crippen molar-refractivity contribution in [2.24, 2.45) is 0 Å². The second kappa shape index (κ2) is 6.52. The van der Waals surface area contributed by atoms with Gasteiger partial charge in [0.05, 0.1) is 5.69 Å². The minimum Gasteiger partial charge on any atom is -0.478 e. The molecule has 0 radical (unpaired) electrons. The Kier molecular flexibility index (Phi) is 4.74. The van der Waals surface area contributed by atoms with Crippen molar-refractivity contribution in [2.75, 3.05) is 38.1 Å². The molecule has 1 N–H and O–H groups in total. The summed E-state index contributed by atoms with van der Waals surface area (Å²) < 4.78 is 14.2. The Bertz CT molecular complexity index is 517. The molecule has 1 aromatic rings. The largest absolute Gasteiger partial charge is 0.478 e. The highest BCUT2D eigenvalue weighted by atomic mass is 19.1. The molecule has 1 aliphatic rings. The molecule has 0 aliphatic carbocycles. The SMILES string of the molecule is CN1CCCN(c2c(F)cccc2/C=C/C(=O)O)CC1. The average Bonchev–Trinajstić information content (AvgIpc) is 2.61. The van der Waals surface area contributed by atoms with Crippen molar-refractivity contribution >= 4 is 17.7 Å². The highest BCUT2D eigenvalue weighted by Crippen LogP contribution is 2.26. The first-order valence-electron chi connectivity index (χ1n) is 6.71. The van der Waals surface area contributed by atoms with Crippen LogP contribution in [0.3, 0.4) is 0 Å². The van der Waals surface area contributed by atoms with E-state index in [1.54, 1.807) is 12.1 Å². The first kappa shape index (κ1) is 14.5. The van der Waals surface area contributed by atoms with E-state index in [2.05, 4.69) is 11.9 Å². The molecule has 0 bridgehead atoms. The van der Waals surface area contributed by atoms with Gasteiger partial charge in [0, 0.05) is 31.3 Å². The number of carboxylic acids is 1. The molecule has 2 rings (SSSR count). The zero-order valence-electron chi connectivity index (χ0n) is 11.6. The van der Waals surface area contributed by atoms with Crippen LogP contribution >= 0.6 is 0 Å². The number of hydrogen-bond donors (Lipinski definition) is 1. The summed E-state index contributed by atoms with van der Waals surface area (Å²) in [7, 11) is 2.05. The van der Waals surface area contributed by atoms with Crippen molar-refractivity contribution in [3.8, 4) is 0 Å². The summed E-state index contributed by atoms with van der Waals surface area (Å²) in [5.74, 6) is -1.34. The lowest BCUT2D eigenvalue weighted by atomic mass is 10.1. The standard InChI is InChI=1S/C15H19FN2O2/c1-17-8-3-9-18(11-10-17)15-12(6-7-14(19)20)4-2-5-13(15)16/h2,4-7H,3,8-11H2,1H3,(H,19,20)/b7-6+. The number of halogens is 1. The summed E-state index contributed by atoms with van der Waals surface area (Å²) in [6, 6.07) is 4.76. The Hall–Kier alpha value is -1.88. The second-order valence-electron chi connectivity index (χ2n) is 4.99. The maximum atomic E-state index is 14.2. The highest BCUT2D eigenvalue weighted by molar-refractivity contribution is 5.87. The number of anilines is 1. The molecule has 0 aromatic heterocycles. The second-order valence-corrected chi connectivity index (χ2v) is 4.99. The molecule has 0 amide bonds. The molecule has 0 unspecified atom stereocenters. The van der Waals surface area contributed by atoms with Gasteiger partial charge >= 0.3 is 5.97 Å². The van der Waals surface area contributed by atoms with E-state index in [0.29, 0.717) is 11.3 Å². The van der Waals surface area contributed by atoms with E-state index >= 15 is 0 Å². The van der Waals surface area contributed by atoms with Gasteiger partial charge in [-0.05, 0) is 32.2 Å². The van der Waals surface area contributed by atoms with Crippen LogP contribution in [0.5, 0.6) is 0 Å². The number of carbonyl (C=O) groups is 1. The van der Waals surface area contributed by atoms with E-state index in [1.165, 1.54) is 12.1 Å². The molecule has 1 saturated heterocycles. The molecule has 1 aliphatic heterocycles. The predicted molar refractivity (Wildman–Crippen MR) is 77.4 cm³/mol. The number of nitrogens with zero attached hydrogens (tertiary/aromatic N) is 2. The minimum atomic E-state index is -1.03. The monoisotopic (exact) mass is 278 g/mol. The van der Waals surface area contributed by atoms with Crippen molar-refractivity contribution in [1.82, 2.24) is 4.90 Å². The quantitative estimate of drug-likeness (QED) is 0.860. The molecule has 1 heterocycles. The Labute approximate surface area is 118 Å². The van der Waals surface area contributed by atoms with Crippen LogP contribution in [0.15, 0.2) is 24.3 Å². The van der Waals surface area contributed by atoms with Crippen molar-refractivity contribution in [3.63, 3.8) is 0 Å². The zero-order chi connectivity index (χ0) is 14.5. The average molecular weight is 278 g/mol. The van der Waals surface area contributed by atoms with E-state index in [4.69, 9.17) is 5.11 Å². The van der Waals surface area contributed by atoms with Crippen LogP contribution in [0.2, 0.25) is 0 Å². The molecule has 1 aromatic carbocycles. The summed E-state index contributed by atoms with van der Waals surface area (Å²) in [5, 5.41) is 8.72. The third-order valence-corrected chi connectivity index (χ3v) is 3.46. The zero-order valence-corrected chi connectivity index (χ0v) is 11.6. The number of carboxylic acid groups (broad SMARTS) is 1. The fraction of sp³-hybridized carbons (Fsp3) is 0.400. The maximum Gasteiger partial charge on any atom is 0.328 e. The third kappa shape index (κ3) is 3.57. The summed E-state index contributed by atoms with van der Waals surface area (Å²) >= 11 is 0. The van der Waals surface area contributed by atoms with Gasteiger partial charge in [-0.3, -0.25) is 0 Å². The molecule has 0 spiro atoms. The van der Waals surface area contributed by atoms with Gasteiger partial charge in [0.25, 0.3) is 0 Å². The summed E-state index contributed by atoms with van der Waals surface area (Å²) in [5.41, 5.74) is 1.11. The van der Waals surface area contributed by atoms with Crippen LogP contribution in [-0.4, -0.2) is 49.2 Å². The molecule has 108 valence electrons. The number of hydrogen-bond acceptors (Lipinski definition) is 3. The summed E-state index contributed by atoms with van der Waals surface area (Å²) in [6.07, 6.45) is 3.46. The van der Waals surface area contributed by atoms with Crippen molar-refractivity contribution < 1.29 is 14.3 Å². The van der Waals surface area contributed by atoms with Crippen LogP contribution in [0.4, 0.5) is 10.1 Å².